The van der Waals surface area contributed by atoms with Crippen LogP contribution in [0.25, 0.3) is 0 Å². The molecule has 0 aromatic carbocycles. The Hall–Kier alpha value is -1.36. The van der Waals surface area contributed by atoms with Gasteiger partial charge in [0, 0.05) is 0 Å². The second-order valence-corrected chi connectivity index (χ2v) is 4.42. The number of amides is 1. The van der Waals surface area contributed by atoms with Gasteiger partial charge in [0.1, 0.15) is 0 Å². The van der Waals surface area contributed by atoms with E-state index in [9.17, 15) is 4.79 Å². The quantitative estimate of drug-likeness (QED) is 0.723. The fourth-order valence-electron chi connectivity index (χ4n) is 1.53. The Kier molecular flexibility index (Phi) is 3.70. The highest BCUT2D eigenvalue weighted by molar-refractivity contribution is 5.98. The van der Waals surface area contributed by atoms with Gasteiger partial charge in [-0.15, -0.1) is 0 Å². The second-order valence-electron chi connectivity index (χ2n) is 4.42. The number of likely N-dealkylation sites (N-methyl/N-ethyl adjacent to an activating group) is 1. The fourth-order valence-corrected chi connectivity index (χ4v) is 1.53. The van der Waals surface area contributed by atoms with Gasteiger partial charge in [-0.05, 0) is 34.2 Å². The van der Waals surface area contributed by atoms with E-state index in [1.54, 1.807) is 0 Å². The molecule has 1 amide bonds. The van der Waals surface area contributed by atoms with Gasteiger partial charge in [-0.25, -0.2) is 0 Å². The van der Waals surface area contributed by atoms with Crippen LogP contribution in [0.15, 0.2) is 0 Å². The molecule has 1 rings (SSSR count). The number of carbonyl (C=O) groups excluding carboxylic acids is 1. The average Bonchev–Trinajstić information content (AvgIpc) is 2.49. The Morgan fingerprint density at radius 3 is 2.50 bits per heavy atom. The lowest BCUT2D eigenvalue weighted by molar-refractivity contribution is -0.121. The summed E-state index contributed by atoms with van der Waals surface area (Å²) in [6, 6.07) is 0. The monoisotopic (exact) mass is 224 g/mol. The summed E-state index contributed by atoms with van der Waals surface area (Å²) in [5.41, 5.74) is 1.87. The van der Waals surface area contributed by atoms with Crippen molar-refractivity contribution < 1.29 is 4.79 Å². The Labute approximate surface area is 96.0 Å². The number of aryl methyl sites for hydroxylation is 2. The predicted molar refractivity (Wildman–Crippen MR) is 64.4 cm³/mol. The third-order valence-electron chi connectivity index (χ3n) is 2.55. The summed E-state index contributed by atoms with van der Waals surface area (Å²) < 4.78 is 0. The van der Waals surface area contributed by atoms with Crippen LogP contribution in [0.5, 0.6) is 0 Å². The third-order valence-corrected chi connectivity index (χ3v) is 2.55. The first-order chi connectivity index (χ1) is 7.38. The van der Waals surface area contributed by atoms with Crippen molar-refractivity contribution in [1.29, 1.82) is 0 Å². The van der Waals surface area contributed by atoms with Crippen molar-refractivity contribution in [1.82, 2.24) is 15.5 Å². The number of anilines is 1. The number of aromatic nitrogens is 2. The van der Waals surface area contributed by atoms with Crippen LogP contribution in [0, 0.1) is 13.8 Å². The first-order valence-electron chi connectivity index (χ1n) is 5.46. The van der Waals surface area contributed by atoms with E-state index in [1.165, 1.54) is 0 Å². The molecule has 0 unspecified atom stereocenters. The second kappa shape index (κ2) is 4.65. The minimum Gasteiger partial charge on any atom is -0.321 e. The zero-order valence-electron chi connectivity index (χ0n) is 10.6. The summed E-state index contributed by atoms with van der Waals surface area (Å²) in [6.07, 6.45) is 0. The Bertz CT molecular complexity index is 362. The van der Waals surface area contributed by atoms with E-state index >= 15 is 0 Å². The van der Waals surface area contributed by atoms with Gasteiger partial charge < -0.3 is 10.6 Å². The highest BCUT2D eigenvalue weighted by Crippen LogP contribution is 2.17. The van der Waals surface area contributed by atoms with Crippen LogP contribution >= 0.6 is 0 Å². The largest absolute Gasteiger partial charge is 0.321 e. The standard InChI is InChI=1S/C11H20N4O/c1-6-12-11(4,5)10(16)13-9-7(2)14-15-8(9)3/h12H,6H2,1-5H3,(H,13,16)(H,14,15). The van der Waals surface area contributed by atoms with Crippen molar-refractivity contribution in [2.75, 3.05) is 11.9 Å². The summed E-state index contributed by atoms with van der Waals surface area (Å²) in [4.78, 5) is 12.0. The SMILES string of the molecule is CCNC(C)(C)C(=O)Nc1c(C)n[nH]c1C. The Balaban J connectivity index is 2.79. The molecule has 0 bridgehead atoms. The maximum Gasteiger partial charge on any atom is 0.244 e. The van der Waals surface area contributed by atoms with Crippen molar-refractivity contribution >= 4 is 11.6 Å². The number of hydrogen-bond donors (Lipinski definition) is 3. The number of hydrogen-bond acceptors (Lipinski definition) is 3. The van der Waals surface area contributed by atoms with Crippen LogP contribution in [-0.4, -0.2) is 28.2 Å². The zero-order valence-corrected chi connectivity index (χ0v) is 10.6. The lowest BCUT2D eigenvalue weighted by atomic mass is 10.0. The van der Waals surface area contributed by atoms with Gasteiger partial charge in [0.05, 0.1) is 22.6 Å². The molecule has 0 spiro atoms. The number of carbonyl (C=O) groups is 1. The van der Waals surface area contributed by atoms with Crippen molar-refractivity contribution in [2.45, 2.75) is 40.2 Å². The Morgan fingerprint density at radius 1 is 1.44 bits per heavy atom. The van der Waals surface area contributed by atoms with Crippen molar-refractivity contribution in [3.8, 4) is 0 Å². The van der Waals surface area contributed by atoms with Crippen LogP contribution < -0.4 is 10.6 Å². The average molecular weight is 224 g/mol. The molecular formula is C11H20N4O. The van der Waals surface area contributed by atoms with E-state index in [0.29, 0.717) is 0 Å². The Morgan fingerprint density at radius 2 is 2.06 bits per heavy atom. The van der Waals surface area contributed by atoms with Gasteiger partial charge in [0.25, 0.3) is 0 Å². The van der Waals surface area contributed by atoms with Crippen LogP contribution in [0.1, 0.15) is 32.2 Å². The molecule has 3 N–H and O–H groups in total. The van der Waals surface area contributed by atoms with Gasteiger partial charge in [-0.3, -0.25) is 9.89 Å². The molecule has 0 saturated heterocycles. The molecule has 5 heteroatoms. The van der Waals surface area contributed by atoms with Crippen molar-refractivity contribution in [3.63, 3.8) is 0 Å². The minimum absolute atomic E-state index is 0.0537. The molecule has 1 aromatic heterocycles. The van der Waals surface area contributed by atoms with Crippen molar-refractivity contribution in [2.24, 2.45) is 0 Å². The van der Waals surface area contributed by atoms with E-state index < -0.39 is 5.54 Å². The van der Waals surface area contributed by atoms with Gasteiger partial charge in [0.2, 0.25) is 5.91 Å². The van der Waals surface area contributed by atoms with E-state index in [2.05, 4.69) is 20.8 Å². The first kappa shape index (κ1) is 12.7. The van der Waals surface area contributed by atoms with Gasteiger partial charge >= 0.3 is 0 Å². The van der Waals surface area contributed by atoms with Crippen LogP contribution in [-0.2, 0) is 4.79 Å². The van der Waals surface area contributed by atoms with Crippen LogP contribution in [0.3, 0.4) is 0 Å². The topological polar surface area (TPSA) is 69.8 Å². The molecular weight excluding hydrogens is 204 g/mol. The van der Waals surface area contributed by atoms with Crippen LogP contribution in [0.2, 0.25) is 0 Å². The number of nitrogens with one attached hydrogen (secondary N) is 3. The molecule has 0 atom stereocenters. The van der Waals surface area contributed by atoms with Gasteiger partial charge in [0.15, 0.2) is 0 Å². The molecule has 0 aliphatic heterocycles. The smallest absolute Gasteiger partial charge is 0.244 e. The molecule has 16 heavy (non-hydrogen) atoms. The lowest BCUT2D eigenvalue weighted by Crippen LogP contribution is -2.49. The minimum atomic E-state index is -0.578. The van der Waals surface area contributed by atoms with Crippen molar-refractivity contribution in [3.05, 3.63) is 11.4 Å². The number of rotatable bonds is 4. The lowest BCUT2D eigenvalue weighted by Gasteiger charge is -2.24. The third kappa shape index (κ3) is 2.61. The molecule has 0 saturated carbocycles. The summed E-state index contributed by atoms with van der Waals surface area (Å²) in [5, 5.41) is 12.9. The molecule has 1 heterocycles. The predicted octanol–water partition coefficient (Wildman–Crippen LogP) is 1.35. The van der Waals surface area contributed by atoms with E-state index in [4.69, 9.17) is 0 Å². The number of H-pyrrole nitrogens is 1. The molecule has 0 radical (unpaired) electrons. The molecule has 0 aliphatic carbocycles. The maximum atomic E-state index is 12.0. The first-order valence-corrected chi connectivity index (χ1v) is 5.46. The fraction of sp³-hybridized carbons (Fsp3) is 0.636. The summed E-state index contributed by atoms with van der Waals surface area (Å²) >= 11 is 0. The van der Waals surface area contributed by atoms with Gasteiger partial charge in [-0.1, -0.05) is 6.92 Å². The summed E-state index contributed by atoms with van der Waals surface area (Å²) in [6.45, 7) is 10.2. The van der Waals surface area contributed by atoms with Gasteiger partial charge in [-0.2, -0.15) is 5.10 Å². The summed E-state index contributed by atoms with van der Waals surface area (Å²) in [5.74, 6) is -0.0537. The molecule has 0 fully saturated rings. The number of nitrogens with zero attached hydrogens (tertiary/aromatic N) is 1. The molecule has 1 aromatic rings. The van der Waals surface area contributed by atoms with E-state index in [-0.39, 0.29) is 5.91 Å². The van der Waals surface area contributed by atoms with E-state index in [1.807, 2.05) is 34.6 Å². The number of aromatic amines is 1. The zero-order chi connectivity index (χ0) is 12.3. The van der Waals surface area contributed by atoms with Crippen LogP contribution in [0.4, 0.5) is 5.69 Å². The summed E-state index contributed by atoms with van der Waals surface area (Å²) in [7, 11) is 0. The molecule has 90 valence electrons. The highest BCUT2D eigenvalue weighted by atomic mass is 16.2. The molecule has 5 nitrogen and oxygen atoms in total. The van der Waals surface area contributed by atoms with E-state index in [0.717, 1.165) is 23.6 Å². The molecule has 0 aliphatic rings. The highest BCUT2D eigenvalue weighted by Gasteiger charge is 2.27. The maximum absolute atomic E-state index is 12.0. The normalized spacial score (nSPS) is 11.6.